The maximum Gasteiger partial charge on any atom is 0.318 e. The Morgan fingerprint density at radius 3 is 2.62 bits per heavy atom. The molecule has 6 heteroatoms. The van der Waals surface area contributed by atoms with Crippen molar-refractivity contribution in [1.82, 2.24) is 19.8 Å². The van der Waals surface area contributed by atoms with Crippen LogP contribution in [0.25, 0.3) is 0 Å². The largest absolute Gasteiger partial charge is 0.384 e. The minimum atomic E-state index is 0.0438. The highest BCUT2D eigenvalue weighted by Gasteiger charge is 2.51. The summed E-state index contributed by atoms with van der Waals surface area (Å²) in [5.74, 6) is 1.61. The molecule has 0 aromatic carbocycles. The van der Waals surface area contributed by atoms with Crippen LogP contribution < -0.4 is 5.32 Å². The molecule has 134 valence electrons. The van der Waals surface area contributed by atoms with E-state index in [2.05, 4.69) is 24.1 Å². The van der Waals surface area contributed by atoms with Crippen molar-refractivity contribution in [2.45, 2.75) is 51.6 Å². The van der Waals surface area contributed by atoms with Crippen LogP contribution in [-0.4, -0.2) is 46.8 Å². The molecule has 1 unspecified atom stereocenters. The van der Waals surface area contributed by atoms with Crippen molar-refractivity contribution in [3.8, 4) is 0 Å². The van der Waals surface area contributed by atoms with Gasteiger partial charge in [0.1, 0.15) is 5.82 Å². The fourth-order valence-corrected chi connectivity index (χ4v) is 4.21. The summed E-state index contributed by atoms with van der Waals surface area (Å²) in [6.45, 7) is 6.01. The van der Waals surface area contributed by atoms with E-state index in [1.54, 1.807) is 13.3 Å². The molecule has 2 aliphatic rings. The second kappa shape index (κ2) is 6.75. The van der Waals surface area contributed by atoms with Crippen LogP contribution in [0.1, 0.15) is 51.4 Å². The average Bonchev–Trinajstić information content (AvgIpc) is 2.93. The number of rotatable bonds is 4. The highest BCUT2D eigenvalue weighted by Crippen LogP contribution is 2.47. The van der Waals surface area contributed by atoms with Crippen molar-refractivity contribution in [3.63, 3.8) is 0 Å². The molecule has 0 bridgehead atoms. The zero-order valence-electron chi connectivity index (χ0n) is 15.3. The second-order valence-electron chi connectivity index (χ2n) is 8.04. The van der Waals surface area contributed by atoms with Gasteiger partial charge in [0.25, 0.3) is 0 Å². The number of ether oxygens (including phenoxy) is 1. The van der Waals surface area contributed by atoms with Crippen molar-refractivity contribution >= 4 is 6.03 Å². The van der Waals surface area contributed by atoms with Crippen molar-refractivity contribution in [2.75, 3.05) is 20.3 Å². The Morgan fingerprint density at radius 2 is 2.08 bits per heavy atom. The van der Waals surface area contributed by atoms with Gasteiger partial charge in [0.05, 0.1) is 6.04 Å². The van der Waals surface area contributed by atoms with Crippen molar-refractivity contribution in [1.29, 1.82) is 0 Å². The predicted octanol–water partition coefficient (Wildman–Crippen LogP) is 2.72. The van der Waals surface area contributed by atoms with Gasteiger partial charge in [-0.3, -0.25) is 0 Å². The number of carbonyl (C=O) groups excluding carboxylic acids is 1. The lowest BCUT2D eigenvalue weighted by Gasteiger charge is -2.53. The molecule has 1 N–H and O–H groups in total. The van der Waals surface area contributed by atoms with Crippen LogP contribution in [0, 0.1) is 11.3 Å². The molecule has 3 rings (SSSR count). The van der Waals surface area contributed by atoms with Crippen LogP contribution in [0.15, 0.2) is 12.4 Å². The minimum Gasteiger partial charge on any atom is -0.384 e. The van der Waals surface area contributed by atoms with Gasteiger partial charge in [0.2, 0.25) is 0 Å². The third-order valence-electron chi connectivity index (χ3n) is 5.57. The van der Waals surface area contributed by atoms with E-state index in [1.807, 2.05) is 22.7 Å². The van der Waals surface area contributed by atoms with Crippen LogP contribution >= 0.6 is 0 Å². The summed E-state index contributed by atoms with van der Waals surface area (Å²) in [7, 11) is 3.75. The highest BCUT2D eigenvalue weighted by molar-refractivity contribution is 5.76. The lowest BCUT2D eigenvalue weighted by molar-refractivity contribution is -0.0244. The molecule has 2 heterocycles. The predicted molar refractivity (Wildman–Crippen MR) is 92.6 cm³/mol. The van der Waals surface area contributed by atoms with Crippen LogP contribution in [0.4, 0.5) is 4.79 Å². The van der Waals surface area contributed by atoms with E-state index in [-0.39, 0.29) is 23.5 Å². The van der Waals surface area contributed by atoms with E-state index in [1.165, 1.54) is 0 Å². The number of amides is 2. The van der Waals surface area contributed by atoms with Crippen LogP contribution in [0.5, 0.6) is 0 Å². The van der Waals surface area contributed by atoms with Crippen LogP contribution in [-0.2, 0) is 11.8 Å². The van der Waals surface area contributed by atoms with Crippen molar-refractivity contribution in [2.24, 2.45) is 18.4 Å². The SMILES string of the molecule is COCC1CCC(NC(=O)N2CC(C)(C)C2c2nccn2C)CC1. The van der Waals surface area contributed by atoms with E-state index in [4.69, 9.17) is 4.74 Å². The maximum absolute atomic E-state index is 12.8. The zero-order chi connectivity index (χ0) is 17.3. The Morgan fingerprint density at radius 1 is 1.38 bits per heavy atom. The quantitative estimate of drug-likeness (QED) is 0.921. The van der Waals surface area contributed by atoms with Gasteiger partial charge >= 0.3 is 6.03 Å². The van der Waals surface area contributed by atoms with Crippen molar-refractivity contribution < 1.29 is 9.53 Å². The Balaban J connectivity index is 1.59. The van der Waals surface area contributed by atoms with E-state index < -0.39 is 0 Å². The monoisotopic (exact) mass is 334 g/mol. The molecule has 2 amide bonds. The molecule has 1 saturated heterocycles. The number of hydrogen-bond donors (Lipinski definition) is 1. The summed E-state index contributed by atoms with van der Waals surface area (Å²) in [5.41, 5.74) is 0.0621. The number of imidazole rings is 1. The number of likely N-dealkylation sites (tertiary alicyclic amines) is 1. The van der Waals surface area contributed by atoms with Gasteiger partial charge < -0.3 is 19.5 Å². The Labute approximate surface area is 144 Å². The zero-order valence-corrected chi connectivity index (χ0v) is 15.3. The first-order chi connectivity index (χ1) is 11.4. The lowest BCUT2D eigenvalue weighted by atomic mass is 9.74. The number of nitrogens with zero attached hydrogens (tertiary/aromatic N) is 3. The molecule has 6 nitrogen and oxygen atoms in total. The Hall–Kier alpha value is -1.56. The smallest absolute Gasteiger partial charge is 0.318 e. The van der Waals surface area contributed by atoms with Gasteiger partial charge in [-0.15, -0.1) is 0 Å². The molecule has 24 heavy (non-hydrogen) atoms. The number of methoxy groups -OCH3 is 1. The van der Waals surface area contributed by atoms with E-state index >= 15 is 0 Å². The van der Waals surface area contributed by atoms with Gasteiger partial charge in [-0.25, -0.2) is 9.78 Å². The molecule has 1 saturated carbocycles. The number of aromatic nitrogens is 2. The summed E-state index contributed by atoms with van der Waals surface area (Å²) < 4.78 is 7.26. The maximum atomic E-state index is 12.8. The summed E-state index contributed by atoms with van der Waals surface area (Å²) in [6, 6.07) is 0.385. The average molecular weight is 334 g/mol. The highest BCUT2D eigenvalue weighted by atomic mass is 16.5. The van der Waals surface area contributed by atoms with Gasteiger partial charge in [-0.05, 0) is 31.6 Å². The number of hydrogen-bond acceptors (Lipinski definition) is 3. The first kappa shape index (κ1) is 17.3. The fourth-order valence-electron chi connectivity index (χ4n) is 4.21. The third kappa shape index (κ3) is 3.29. The number of aryl methyl sites for hydroxylation is 1. The van der Waals surface area contributed by atoms with Gasteiger partial charge in [-0.1, -0.05) is 13.8 Å². The van der Waals surface area contributed by atoms with E-state index in [0.29, 0.717) is 5.92 Å². The van der Waals surface area contributed by atoms with E-state index in [0.717, 1.165) is 44.7 Å². The topological polar surface area (TPSA) is 59.4 Å². The first-order valence-electron chi connectivity index (χ1n) is 8.95. The lowest BCUT2D eigenvalue weighted by Crippen LogP contribution is -2.62. The molecule has 0 radical (unpaired) electrons. The first-order valence-corrected chi connectivity index (χ1v) is 8.95. The Kier molecular flexibility index (Phi) is 4.85. The number of carbonyl (C=O) groups is 1. The Bertz CT molecular complexity index is 575. The van der Waals surface area contributed by atoms with Gasteiger partial charge in [-0.2, -0.15) is 0 Å². The molecule has 1 aromatic heterocycles. The molecule has 2 fully saturated rings. The van der Waals surface area contributed by atoms with Gasteiger partial charge in [0, 0.05) is 51.2 Å². The second-order valence-corrected chi connectivity index (χ2v) is 8.04. The molecule has 1 aromatic rings. The van der Waals surface area contributed by atoms with Crippen LogP contribution in [0.3, 0.4) is 0 Å². The standard InChI is InChI=1S/C18H30N4O2/c1-18(2)12-22(15(18)16-19-9-10-21(16)3)17(23)20-14-7-5-13(6-8-14)11-24-4/h9-10,13-15H,5-8,11-12H2,1-4H3,(H,20,23). The molecular weight excluding hydrogens is 304 g/mol. The number of nitrogens with one attached hydrogen (secondary N) is 1. The summed E-state index contributed by atoms with van der Waals surface area (Å²) in [5, 5.41) is 3.24. The van der Waals surface area contributed by atoms with Gasteiger partial charge in [0.15, 0.2) is 0 Å². The molecule has 1 aliphatic carbocycles. The molecule has 0 spiro atoms. The summed E-state index contributed by atoms with van der Waals surface area (Å²) in [6.07, 6.45) is 8.10. The molecule has 1 aliphatic heterocycles. The molecule has 1 atom stereocenters. The minimum absolute atomic E-state index is 0.0438. The van der Waals surface area contributed by atoms with Crippen LogP contribution in [0.2, 0.25) is 0 Å². The summed E-state index contributed by atoms with van der Waals surface area (Å²) >= 11 is 0. The van der Waals surface area contributed by atoms with Crippen molar-refractivity contribution in [3.05, 3.63) is 18.2 Å². The van der Waals surface area contributed by atoms with E-state index in [9.17, 15) is 4.79 Å². The fraction of sp³-hybridized carbons (Fsp3) is 0.778. The number of urea groups is 1. The normalized spacial score (nSPS) is 29.2. The summed E-state index contributed by atoms with van der Waals surface area (Å²) in [4.78, 5) is 19.2. The third-order valence-corrected chi connectivity index (χ3v) is 5.57. The molecular formula is C18H30N4O2.